The van der Waals surface area contributed by atoms with Crippen molar-refractivity contribution in [3.8, 4) is 0 Å². The summed E-state index contributed by atoms with van der Waals surface area (Å²) in [5.41, 5.74) is 0.948. The standard InChI is InChI=1S/C10H15N3O/c1-13(2)10-11-7-9(8-12-10)5-3-4-6-14/h3,5,7-8,14H,4,6H2,1-2H3. The number of aromatic nitrogens is 2. The minimum Gasteiger partial charge on any atom is -0.396 e. The summed E-state index contributed by atoms with van der Waals surface area (Å²) < 4.78 is 0. The molecule has 0 radical (unpaired) electrons. The van der Waals surface area contributed by atoms with Crippen LogP contribution in [0.3, 0.4) is 0 Å². The number of aliphatic hydroxyl groups is 1. The average Bonchev–Trinajstić information content (AvgIpc) is 2.19. The molecule has 0 aliphatic rings. The van der Waals surface area contributed by atoms with Crippen LogP contribution in [0.2, 0.25) is 0 Å². The molecule has 0 saturated heterocycles. The monoisotopic (exact) mass is 193 g/mol. The van der Waals surface area contributed by atoms with Gasteiger partial charge in [-0.1, -0.05) is 12.2 Å². The summed E-state index contributed by atoms with van der Waals surface area (Å²) in [7, 11) is 3.80. The van der Waals surface area contributed by atoms with E-state index in [2.05, 4.69) is 9.97 Å². The quantitative estimate of drug-likeness (QED) is 0.773. The fraction of sp³-hybridized carbons (Fsp3) is 0.400. The molecule has 0 fully saturated rings. The second-order valence-corrected chi connectivity index (χ2v) is 3.13. The lowest BCUT2D eigenvalue weighted by molar-refractivity contribution is 0.303. The number of hydrogen-bond acceptors (Lipinski definition) is 4. The fourth-order valence-corrected chi connectivity index (χ4v) is 0.942. The largest absolute Gasteiger partial charge is 0.396 e. The third kappa shape index (κ3) is 3.14. The maximum absolute atomic E-state index is 8.57. The fourth-order valence-electron chi connectivity index (χ4n) is 0.942. The molecule has 0 saturated carbocycles. The van der Waals surface area contributed by atoms with Gasteiger partial charge in [0.25, 0.3) is 0 Å². The number of hydrogen-bond donors (Lipinski definition) is 1. The molecule has 4 heteroatoms. The Balaban J connectivity index is 2.64. The predicted octanol–water partition coefficient (Wildman–Crippen LogP) is 0.938. The molecule has 1 aromatic rings. The van der Waals surface area contributed by atoms with Gasteiger partial charge >= 0.3 is 0 Å². The van der Waals surface area contributed by atoms with Crippen molar-refractivity contribution in [3.05, 3.63) is 24.0 Å². The maximum atomic E-state index is 8.57. The summed E-state index contributed by atoms with van der Waals surface area (Å²) in [5, 5.41) is 8.57. The Kier molecular flexibility index (Phi) is 4.07. The van der Waals surface area contributed by atoms with Gasteiger partial charge in [0.15, 0.2) is 0 Å². The summed E-state index contributed by atoms with van der Waals surface area (Å²) >= 11 is 0. The van der Waals surface area contributed by atoms with E-state index in [0.717, 1.165) is 5.56 Å². The van der Waals surface area contributed by atoms with Crippen LogP contribution in [0.1, 0.15) is 12.0 Å². The van der Waals surface area contributed by atoms with Crippen LogP contribution in [0.25, 0.3) is 6.08 Å². The second kappa shape index (κ2) is 5.34. The smallest absolute Gasteiger partial charge is 0.224 e. The Labute approximate surface area is 83.9 Å². The molecule has 1 heterocycles. The zero-order valence-electron chi connectivity index (χ0n) is 8.51. The summed E-state index contributed by atoms with van der Waals surface area (Å²) in [4.78, 5) is 10.2. The summed E-state index contributed by atoms with van der Waals surface area (Å²) in [6.45, 7) is 0.174. The SMILES string of the molecule is CN(C)c1ncc(C=CCCO)cn1. The average molecular weight is 193 g/mol. The van der Waals surface area contributed by atoms with Crippen LogP contribution in [0.4, 0.5) is 5.95 Å². The van der Waals surface area contributed by atoms with E-state index in [1.165, 1.54) is 0 Å². The third-order valence-corrected chi connectivity index (χ3v) is 1.66. The Hall–Kier alpha value is -1.42. The topological polar surface area (TPSA) is 49.2 Å². The van der Waals surface area contributed by atoms with Crippen molar-refractivity contribution < 1.29 is 5.11 Å². The van der Waals surface area contributed by atoms with Crippen LogP contribution in [0, 0.1) is 0 Å². The van der Waals surface area contributed by atoms with Gasteiger partial charge in [-0.2, -0.15) is 0 Å². The summed E-state index contributed by atoms with van der Waals surface area (Å²) in [6, 6.07) is 0. The molecule has 0 aromatic carbocycles. The Bertz CT molecular complexity index is 293. The molecular weight excluding hydrogens is 178 g/mol. The van der Waals surface area contributed by atoms with Crippen LogP contribution in [0.5, 0.6) is 0 Å². The lowest BCUT2D eigenvalue weighted by Gasteiger charge is -2.08. The zero-order chi connectivity index (χ0) is 10.4. The van der Waals surface area contributed by atoms with E-state index in [9.17, 15) is 0 Å². The van der Waals surface area contributed by atoms with E-state index in [0.29, 0.717) is 12.4 Å². The van der Waals surface area contributed by atoms with Crippen LogP contribution < -0.4 is 4.90 Å². The number of anilines is 1. The number of aliphatic hydroxyl groups excluding tert-OH is 1. The first-order valence-electron chi connectivity index (χ1n) is 4.51. The van der Waals surface area contributed by atoms with E-state index >= 15 is 0 Å². The van der Waals surface area contributed by atoms with Crippen LogP contribution in [0.15, 0.2) is 18.5 Å². The molecule has 14 heavy (non-hydrogen) atoms. The van der Waals surface area contributed by atoms with Crippen LogP contribution in [-0.2, 0) is 0 Å². The van der Waals surface area contributed by atoms with Crippen molar-refractivity contribution in [2.75, 3.05) is 25.6 Å². The van der Waals surface area contributed by atoms with E-state index < -0.39 is 0 Å². The Morgan fingerprint density at radius 1 is 1.36 bits per heavy atom. The molecule has 1 aromatic heterocycles. The summed E-state index contributed by atoms with van der Waals surface area (Å²) in [6.07, 6.45) is 7.98. The van der Waals surface area contributed by atoms with Crippen molar-refractivity contribution in [1.82, 2.24) is 9.97 Å². The van der Waals surface area contributed by atoms with Gasteiger partial charge in [0.05, 0.1) is 0 Å². The van der Waals surface area contributed by atoms with Crippen molar-refractivity contribution in [3.63, 3.8) is 0 Å². The van der Waals surface area contributed by atoms with Crippen molar-refractivity contribution in [2.45, 2.75) is 6.42 Å². The maximum Gasteiger partial charge on any atom is 0.224 e. The molecule has 4 nitrogen and oxygen atoms in total. The first-order valence-corrected chi connectivity index (χ1v) is 4.51. The van der Waals surface area contributed by atoms with Crippen molar-refractivity contribution in [2.24, 2.45) is 0 Å². The normalized spacial score (nSPS) is 10.8. The van der Waals surface area contributed by atoms with Gasteiger partial charge in [-0.25, -0.2) is 9.97 Å². The molecule has 1 N–H and O–H groups in total. The first-order chi connectivity index (χ1) is 6.74. The lowest BCUT2D eigenvalue weighted by Crippen LogP contribution is -2.12. The third-order valence-electron chi connectivity index (χ3n) is 1.66. The first kappa shape index (κ1) is 10.7. The van der Waals surface area contributed by atoms with Gasteiger partial charge in [0.1, 0.15) is 0 Å². The Morgan fingerprint density at radius 2 is 2.00 bits per heavy atom. The molecule has 0 amide bonds. The molecule has 0 aliphatic heterocycles. The molecule has 0 bridgehead atoms. The van der Waals surface area contributed by atoms with Crippen molar-refractivity contribution >= 4 is 12.0 Å². The Morgan fingerprint density at radius 3 is 2.50 bits per heavy atom. The highest BCUT2D eigenvalue weighted by molar-refractivity contribution is 5.47. The highest BCUT2D eigenvalue weighted by Gasteiger charge is 1.96. The van der Waals surface area contributed by atoms with Gasteiger partial charge in [0.2, 0.25) is 5.95 Å². The molecule has 0 atom stereocenters. The highest BCUT2D eigenvalue weighted by atomic mass is 16.2. The minimum atomic E-state index is 0.174. The minimum absolute atomic E-state index is 0.174. The number of nitrogens with zero attached hydrogens (tertiary/aromatic N) is 3. The molecule has 0 unspecified atom stereocenters. The molecule has 76 valence electrons. The van der Waals surface area contributed by atoms with Gasteiger partial charge in [-0.05, 0) is 6.42 Å². The van der Waals surface area contributed by atoms with Gasteiger partial charge in [-0.3, -0.25) is 0 Å². The molecular formula is C10H15N3O. The van der Waals surface area contributed by atoms with E-state index in [-0.39, 0.29) is 6.61 Å². The van der Waals surface area contributed by atoms with E-state index in [1.807, 2.05) is 31.1 Å². The lowest BCUT2D eigenvalue weighted by atomic mass is 10.3. The second-order valence-electron chi connectivity index (χ2n) is 3.13. The van der Waals surface area contributed by atoms with E-state index in [4.69, 9.17) is 5.11 Å². The van der Waals surface area contributed by atoms with Crippen LogP contribution >= 0.6 is 0 Å². The van der Waals surface area contributed by atoms with Gasteiger partial charge in [0, 0.05) is 38.7 Å². The van der Waals surface area contributed by atoms with Crippen molar-refractivity contribution in [1.29, 1.82) is 0 Å². The van der Waals surface area contributed by atoms with Gasteiger partial charge in [-0.15, -0.1) is 0 Å². The zero-order valence-corrected chi connectivity index (χ0v) is 8.51. The predicted molar refractivity (Wildman–Crippen MR) is 57.1 cm³/mol. The van der Waals surface area contributed by atoms with E-state index in [1.54, 1.807) is 12.4 Å². The van der Waals surface area contributed by atoms with Crippen LogP contribution in [-0.4, -0.2) is 35.8 Å². The molecule has 0 spiro atoms. The molecule has 1 rings (SSSR count). The summed E-state index contributed by atoms with van der Waals surface area (Å²) in [5.74, 6) is 0.698. The highest BCUT2D eigenvalue weighted by Crippen LogP contribution is 2.04. The number of rotatable bonds is 4. The van der Waals surface area contributed by atoms with Gasteiger partial charge < -0.3 is 10.0 Å². The molecule has 0 aliphatic carbocycles.